The van der Waals surface area contributed by atoms with Gasteiger partial charge in [-0.15, -0.1) is 5.10 Å². The number of hydrogen-bond acceptors (Lipinski definition) is 10. The number of nitrogens with zero attached hydrogens (tertiary/aromatic N) is 4. The van der Waals surface area contributed by atoms with Gasteiger partial charge in [0.05, 0.1) is 30.9 Å². The molecule has 0 saturated carbocycles. The maximum absolute atomic E-state index is 11.9. The van der Waals surface area contributed by atoms with Crippen LogP contribution in [0.2, 0.25) is 0 Å². The third-order valence-corrected chi connectivity index (χ3v) is 7.91. The van der Waals surface area contributed by atoms with Crippen LogP contribution >= 0.6 is 11.8 Å². The van der Waals surface area contributed by atoms with Crippen LogP contribution in [0.1, 0.15) is 53.9 Å². The minimum Gasteiger partial charge on any atom is -0.508 e. The van der Waals surface area contributed by atoms with Gasteiger partial charge in [-0.05, 0) is 51.4 Å². The van der Waals surface area contributed by atoms with Crippen molar-refractivity contribution in [3.63, 3.8) is 0 Å². The fourth-order valence-corrected chi connectivity index (χ4v) is 5.43. The van der Waals surface area contributed by atoms with Crippen molar-refractivity contribution < 1.29 is 34.4 Å². The Balaban J connectivity index is 1.28. The lowest BCUT2D eigenvalue weighted by atomic mass is 10.0. The summed E-state index contributed by atoms with van der Waals surface area (Å²) in [7, 11) is 0. The highest BCUT2D eigenvalue weighted by Crippen LogP contribution is 2.39. The van der Waals surface area contributed by atoms with Gasteiger partial charge in [-0.3, -0.25) is 9.59 Å². The second-order valence-corrected chi connectivity index (χ2v) is 11.0. The Kier molecular flexibility index (Phi) is 10.00. The fourth-order valence-electron chi connectivity index (χ4n) is 4.52. The third kappa shape index (κ3) is 8.17. The third-order valence-electron chi connectivity index (χ3n) is 6.86. The number of aromatic hydroxyl groups is 1. The number of aliphatic carboxylic acids is 1. The molecule has 0 aliphatic carbocycles. The molecule has 1 aliphatic heterocycles. The van der Waals surface area contributed by atoms with Crippen molar-refractivity contribution in [2.45, 2.75) is 56.1 Å². The maximum Gasteiger partial charge on any atom is 0.303 e. The predicted molar refractivity (Wildman–Crippen MR) is 155 cm³/mol. The quantitative estimate of drug-likeness (QED) is 0.174. The highest BCUT2D eigenvalue weighted by molar-refractivity contribution is 7.99. The lowest BCUT2D eigenvalue weighted by Gasteiger charge is -2.36. The highest BCUT2D eigenvalue weighted by atomic mass is 32.2. The monoisotopic (exact) mass is 605 g/mol. The number of hydrogen-bond donors (Lipinski definition) is 4. The van der Waals surface area contributed by atoms with E-state index in [4.69, 9.17) is 14.6 Å². The summed E-state index contributed by atoms with van der Waals surface area (Å²) in [4.78, 5) is 22.6. The number of rotatable bonds is 12. The van der Waals surface area contributed by atoms with E-state index in [-0.39, 0.29) is 49.9 Å². The first-order valence-corrected chi connectivity index (χ1v) is 14.6. The molecule has 1 saturated heterocycles. The molecule has 43 heavy (non-hydrogen) atoms. The SMILES string of the molecule is O=C(O)CCC(=O)NCc1ccc([C@@H]2O[C@H](CSc3nnnn3-c3ccc(O)cc3)C[C@H](c3ccc(CO)cc3)O2)cc1. The van der Waals surface area contributed by atoms with Crippen LogP contribution in [0.3, 0.4) is 0 Å². The molecule has 4 N–H and O–H groups in total. The van der Waals surface area contributed by atoms with Crippen LogP contribution in [0.5, 0.6) is 5.75 Å². The smallest absolute Gasteiger partial charge is 0.303 e. The largest absolute Gasteiger partial charge is 0.508 e. The Morgan fingerprint density at radius 3 is 2.33 bits per heavy atom. The molecule has 0 radical (unpaired) electrons. The molecule has 3 atom stereocenters. The van der Waals surface area contributed by atoms with E-state index in [0.717, 1.165) is 27.9 Å². The summed E-state index contributed by atoms with van der Waals surface area (Å²) in [5.74, 6) is -0.636. The number of tetrazole rings is 1. The number of carboxylic acids is 1. The van der Waals surface area contributed by atoms with E-state index >= 15 is 0 Å². The molecule has 2 heterocycles. The van der Waals surface area contributed by atoms with Crippen molar-refractivity contribution in [2.24, 2.45) is 0 Å². The summed E-state index contributed by atoms with van der Waals surface area (Å²) >= 11 is 1.45. The molecular formula is C30H31N5O7S. The van der Waals surface area contributed by atoms with E-state index in [1.54, 1.807) is 28.9 Å². The molecule has 0 unspecified atom stereocenters. The van der Waals surface area contributed by atoms with Gasteiger partial charge in [0, 0.05) is 30.7 Å². The second kappa shape index (κ2) is 14.2. The number of nitrogens with one attached hydrogen (secondary N) is 1. The Bertz CT molecular complexity index is 1510. The average Bonchev–Trinajstić information content (AvgIpc) is 3.51. The number of phenolic OH excluding ortho intramolecular Hbond substituents is 1. The highest BCUT2D eigenvalue weighted by Gasteiger charge is 2.32. The molecule has 1 aliphatic rings. The molecule has 12 nitrogen and oxygen atoms in total. The van der Waals surface area contributed by atoms with Crippen LogP contribution < -0.4 is 5.32 Å². The lowest BCUT2D eigenvalue weighted by Crippen LogP contribution is -2.31. The molecule has 4 aromatic rings. The first-order valence-electron chi connectivity index (χ1n) is 13.7. The van der Waals surface area contributed by atoms with Crippen molar-refractivity contribution in [2.75, 3.05) is 5.75 Å². The van der Waals surface area contributed by atoms with E-state index < -0.39 is 12.3 Å². The minimum absolute atomic E-state index is 0.0427. The summed E-state index contributed by atoms with van der Waals surface area (Å²) in [5, 5.41) is 43.2. The molecule has 224 valence electrons. The summed E-state index contributed by atoms with van der Waals surface area (Å²) < 4.78 is 14.4. The van der Waals surface area contributed by atoms with Gasteiger partial charge in [0.2, 0.25) is 11.1 Å². The number of aromatic nitrogens is 4. The standard InChI is InChI=1S/C30H31N5O7S/c36-17-20-3-5-21(6-4-20)26-15-25(18-43-30-32-33-34-35(30)23-9-11-24(37)12-10-23)41-29(42-26)22-7-1-19(2-8-22)16-31-27(38)13-14-28(39)40/h1-12,25-26,29,36-37H,13-18H2,(H,31,38)(H,39,40)/t25-,26+,29+/m0/s1. The zero-order valence-corrected chi connectivity index (χ0v) is 23.9. The van der Waals surface area contributed by atoms with Gasteiger partial charge >= 0.3 is 5.97 Å². The number of aliphatic hydroxyl groups excluding tert-OH is 1. The van der Waals surface area contributed by atoms with Crippen LogP contribution in [-0.4, -0.2) is 59.3 Å². The van der Waals surface area contributed by atoms with Crippen LogP contribution in [0.15, 0.2) is 78.0 Å². The molecular weight excluding hydrogens is 574 g/mol. The van der Waals surface area contributed by atoms with Crippen LogP contribution in [0.25, 0.3) is 5.69 Å². The van der Waals surface area contributed by atoms with E-state index in [2.05, 4.69) is 20.8 Å². The number of benzene rings is 3. The average molecular weight is 606 g/mol. The Morgan fingerprint density at radius 1 is 0.930 bits per heavy atom. The minimum atomic E-state index is -1.01. The molecule has 13 heteroatoms. The Morgan fingerprint density at radius 2 is 1.63 bits per heavy atom. The summed E-state index contributed by atoms with van der Waals surface area (Å²) in [6.45, 7) is 0.235. The molecule has 0 spiro atoms. The van der Waals surface area contributed by atoms with E-state index in [1.807, 2.05) is 48.5 Å². The van der Waals surface area contributed by atoms with Crippen LogP contribution in [0.4, 0.5) is 0 Å². The summed E-state index contributed by atoms with van der Waals surface area (Å²) in [6, 6.07) is 21.8. The van der Waals surface area contributed by atoms with Gasteiger partial charge in [0.15, 0.2) is 6.29 Å². The van der Waals surface area contributed by atoms with Gasteiger partial charge < -0.3 is 30.1 Å². The fraction of sp³-hybridized carbons (Fsp3) is 0.300. The maximum atomic E-state index is 11.9. The number of phenols is 1. The number of amides is 1. The predicted octanol–water partition coefficient (Wildman–Crippen LogP) is 3.68. The Hall–Kier alpha value is -4.30. The number of carbonyl (C=O) groups is 2. The van der Waals surface area contributed by atoms with Crippen molar-refractivity contribution >= 4 is 23.6 Å². The van der Waals surface area contributed by atoms with Gasteiger partial charge in [0.25, 0.3) is 0 Å². The zero-order chi connectivity index (χ0) is 30.2. The molecule has 1 aromatic heterocycles. The Labute approximate surface area is 251 Å². The van der Waals surface area contributed by atoms with Crippen molar-refractivity contribution in [3.05, 3.63) is 95.1 Å². The number of ether oxygens (including phenoxy) is 2. The molecule has 3 aromatic carbocycles. The van der Waals surface area contributed by atoms with Crippen molar-refractivity contribution in [1.29, 1.82) is 0 Å². The molecule has 0 bridgehead atoms. The number of carbonyl (C=O) groups excluding carboxylic acids is 1. The van der Waals surface area contributed by atoms with Gasteiger partial charge in [-0.1, -0.05) is 60.3 Å². The van der Waals surface area contributed by atoms with Crippen LogP contribution in [-0.2, 0) is 32.2 Å². The second-order valence-electron chi connectivity index (χ2n) is 9.96. The first kappa shape index (κ1) is 30.2. The molecule has 5 rings (SSSR count). The topological polar surface area (TPSA) is 169 Å². The van der Waals surface area contributed by atoms with Gasteiger partial charge in [-0.25, -0.2) is 0 Å². The van der Waals surface area contributed by atoms with E-state index in [0.29, 0.717) is 17.3 Å². The summed E-state index contributed by atoms with van der Waals surface area (Å²) in [5.41, 5.74) is 4.16. The zero-order valence-electron chi connectivity index (χ0n) is 23.1. The van der Waals surface area contributed by atoms with Gasteiger partial charge in [0.1, 0.15) is 5.75 Å². The normalized spacial score (nSPS) is 18.3. The van der Waals surface area contributed by atoms with Crippen molar-refractivity contribution in [1.82, 2.24) is 25.5 Å². The molecule has 1 fully saturated rings. The molecule has 1 amide bonds. The number of carboxylic acid groups (broad SMARTS) is 1. The first-order chi connectivity index (χ1) is 20.9. The summed E-state index contributed by atoms with van der Waals surface area (Å²) in [6.07, 6.45) is -0.838. The lowest BCUT2D eigenvalue weighted by molar-refractivity contribution is -0.245. The van der Waals surface area contributed by atoms with Crippen LogP contribution in [0, 0.1) is 0 Å². The number of thioether (sulfide) groups is 1. The van der Waals surface area contributed by atoms with E-state index in [9.17, 15) is 19.8 Å². The van der Waals surface area contributed by atoms with E-state index in [1.165, 1.54) is 11.8 Å². The van der Waals surface area contributed by atoms with Gasteiger partial charge in [-0.2, -0.15) is 4.68 Å². The van der Waals surface area contributed by atoms with Crippen molar-refractivity contribution in [3.8, 4) is 11.4 Å². The number of aliphatic hydroxyl groups is 1.